The third-order valence-corrected chi connectivity index (χ3v) is 4.28. The van der Waals surface area contributed by atoms with E-state index in [2.05, 4.69) is 10.3 Å². The van der Waals surface area contributed by atoms with Crippen LogP contribution < -0.4 is 5.73 Å². The number of nitrogens with two attached hydrogens (primary N) is 1. The lowest BCUT2D eigenvalue weighted by Crippen LogP contribution is -2.38. The average Bonchev–Trinajstić information content (AvgIpc) is 2.97. The van der Waals surface area contributed by atoms with Crippen LogP contribution in [0.3, 0.4) is 0 Å². The molecule has 1 aromatic rings. The zero-order chi connectivity index (χ0) is 12.5. The summed E-state index contributed by atoms with van der Waals surface area (Å²) in [5.74, 6) is 1.23. The highest BCUT2D eigenvalue weighted by Crippen LogP contribution is 2.35. The van der Waals surface area contributed by atoms with Crippen molar-refractivity contribution in [3.8, 4) is 0 Å². The Hall–Kier alpha value is -1.43. The first kappa shape index (κ1) is 11.6. The van der Waals surface area contributed by atoms with Gasteiger partial charge in [0.1, 0.15) is 6.54 Å². The zero-order valence-electron chi connectivity index (χ0n) is 10.4. The SMILES string of the molecule is NC1CCCC2CN(C(=O)Cn3ccnn3)CC12. The van der Waals surface area contributed by atoms with Crippen molar-refractivity contribution in [3.05, 3.63) is 12.4 Å². The Balaban J connectivity index is 1.62. The molecule has 0 bridgehead atoms. The standard InChI is InChI=1S/C12H19N5O/c13-11-3-1-2-9-6-16(7-10(9)11)12(18)8-17-5-4-14-15-17/h4-5,9-11H,1-3,6-8,13H2. The van der Waals surface area contributed by atoms with Gasteiger partial charge in [-0.1, -0.05) is 11.6 Å². The minimum atomic E-state index is 0.127. The fourth-order valence-electron chi connectivity index (χ4n) is 3.28. The maximum atomic E-state index is 12.2. The predicted octanol–water partition coefficient (Wildman–Crippen LogP) is -0.136. The summed E-state index contributed by atoms with van der Waals surface area (Å²) in [5, 5.41) is 7.54. The molecule has 1 aliphatic heterocycles. The van der Waals surface area contributed by atoms with Gasteiger partial charge in [-0.15, -0.1) is 5.10 Å². The van der Waals surface area contributed by atoms with Gasteiger partial charge in [-0.25, -0.2) is 4.68 Å². The predicted molar refractivity (Wildman–Crippen MR) is 65.4 cm³/mol. The Kier molecular flexibility index (Phi) is 3.03. The van der Waals surface area contributed by atoms with E-state index in [1.54, 1.807) is 17.1 Å². The second kappa shape index (κ2) is 4.68. The first-order valence-corrected chi connectivity index (χ1v) is 6.61. The Morgan fingerprint density at radius 3 is 3.00 bits per heavy atom. The summed E-state index contributed by atoms with van der Waals surface area (Å²) in [5.41, 5.74) is 6.15. The molecule has 98 valence electrons. The van der Waals surface area contributed by atoms with E-state index in [0.717, 1.165) is 19.5 Å². The van der Waals surface area contributed by atoms with Crippen molar-refractivity contribution < 1.29 is 4.79 Å². The van der Waals surface area contributed by atoms with Crippen molar-refractivity contribution in [3.63, 3.8) is 0 Å². The molecular weight excluding hydrogens is 230 g/mol. The molecule has 1 aliphatic carbocycles. The lowest BCUT2D eigenvalue weighted by atomic mass is 9.78. The van der Waals surface area contributed by atoms with Gasteiger partial charge in [0.05, 0.1) is 6.20 Å². The van der Waals surface area contributed by atoms with Crippen LogP contribution in [0.5, 0.6) is 0 Å². The van der Waals surface area contributed by atoms with Gasteiger partial charge >= 0.3 is 0 Å². The fraction of sp³-hybridized carbons (Fsp3) is 0.750. The highest BCUT2D eigenvalue weighted by molar-refractivity contribution is 5.76. The van der Waals surface area contributed by atoms with Crippen LogP contribution in [0.15, 0.2) is 12.4 Å². The Morgan fingerprint density at radius 1 is 1.39 bits per heavy atom. The molecule has 0 radical (unpaired) electrons. The summed E-state index contributed by atoms with van der Waals surface area (Å²) in [4.78, 5) is 14.1. The maximum absolute atomic E-state index is 12.2. The molecule has 1 saturated carbocycles. The molecule has 0 aromatic carbocycles. The molecule has 6 nitrogen and oxygen atoms in total. The molecule has 3 unspecified atom stereocenters. The highest BCUT2D eigenvalue weighted by atomic mass is 16.2. The number of carbonyl (C=O) groups is 1. The second-order valence-electron chi connectivity index (χ2n) is 5.42. The Bertz CT molecular complexity index is 418. The smallest absolute Gasteiger partial charge is 0.244 e. The van der Waals surface area contributed by atoms with Crippen molar-refractivity contribution in [2.75, 3.05) is 13.1 Å². The van der Waals surface area contributed by atoms with Gasteiger partial charge in [0, 0.05) is 25.3 Å². The fourth-order valence-corrected chi connectivity index (χ4v) is 3.28. The van der Waals surface area contributed by atoms with E-state index in [0.29, 0.717) is 11.8 Å². The third kappa shape index (κ3) is 2.12. The molecule has 6 heteroatoms. The lowest BCUT2D eigenvalue weighted by Gasteiger charge is -2.29. The summed E-state index contributed by atoms with van der Waals surface area (Å²) in [6.07, 6.45) is 6.82. The quantitative estimate of drug-likeness (QED) is 0.791. The van der Waals surface area contributed by atoms with Crippen molar-refractivity contribution in [1.82, 2.24) is 19.9 Å². The molecule has 1 amide bonds. The number of likely N-dealkylation sites (tertiary alicyclic amines) is 1. The van der Waals surface area contributed by atoms with Crippen LogP contribution in [0.2, 0.25) is 0 Å². The van der Waals surface area contributed by atoms with Crippen LogP contribution in [0.25, 0.3) is 0 Å². The van der Waals surface area contributed by atoms with Gasteiger partial charge in [-0.2, -0.15) is 0 Å². The van der Waals surface area contributed by atoms with Gasteiger partial charge < -0.3 is 10.6 Å². The molecule has 0 spiro atoms. The number of hydrogen-bond acceptors (Lipinski definition) is 4. The molecule has 3 atom stereocenters. The van der Waals surface area contributed by atoms with E-state index in [4.69, 9.17) is 5.73 Å². The largest absolute Gasteiger partial charge is 0.340 e. The number of hydrogen-bond donors (Lipinski definition) is 1. The summed E-state index contributed by atoms with van der Waals surface area (Å²) in [7, 11) is 0. The third-order valence-electron chi connectivity index (χ3n) is 4.28. The first-order valence-electron chi connectivity index (χ1n) is 6.61. The summed E-state index contributed by atoms with van der Waals surface area (Å²) in [6, 6.07) is 0.271. The van der Waals surface area contributed by atoms with Crippen LogP contribution in [0, 0.1) is 11.8 Å². The summed E-state index contributed by atoms with van der Waals surface area (Å²) < 4.78 is 1.57. The molecule has 2 aliphatic rings. The van der Waals surface area contributed by atoms with E-state index < -0.39 is 0 Å². The normalized spacial score (nSPS) is 31.4. The van der Waals surface area contributed by atoms with E-state index in [1.165, 1.54) is 12.8 Å². The van der Waals surface area contributed by atoms with Gasteiger partial charge in [0.2, 0.25) is 5.91 Å². The lowest BCUT2D eigenvalue weighted by molar-refractivity contribution is -0.131. The minimum Gasteiger partial charge on any atom is -0.340 e. The van der Waals surface area contributed by atoms with Crippen molar-refractivity contribution >= 4 is 5.91 Å². The van der Waals surface area contributed by atoms with Crippen LogP contribution in [-0.2, 0) is 11.3 Å². The number of fused-ring (bicyclic) bond motifs is 1. The summed E-state index contributed by atoms with van der Waals surface area (Å²) in [6.45, 7) is 1.97. The molecular formula is C12H19N5O. The van der Waals surface area contributed by atoms with Gasteiger partial charge in [-0.3, -0.25) is 4.79 Å². The number of rotatable bonds is 2. The number of nitrogens with zero attached hydrogens (tertiary/aromatic N) is 4. The molecule has 2 heterocycles. The zero-order valence-corrected chi connectivity index (χ0v) is 10.4. The molecule has 1 saturated heterocycles. The summed E-state index contributed by atoms with van der Waals surface area (Å²) >= 11 is 0. The average molecular weight is 249 g/mol. The second-order valence-corrected chi connectivity index (χ2v) is 5.42. The Morgan fingerprint density at radius 2 is 2.28 bits per heavy atom. The topological polar surface area (TPSA) is 77.0 Å². The maximum Gasteiger partial charge on any atom is 0.244 e. The van der Waals surface area contributed by atoms with Crippen LogP contribution >= 0.6 is 0 Å². The van der Waals surface area contributed by atoms with Gasteiger partial charge in [0.25, 0.3) is 0 Å². The molecule has 1 aromatic heterocycles. The first-order chi connectivity index (χ1) is 8.74. The number of carbonyl (C=O) groups excluding carboxylic acids is 1. The highest BCUT2D eigenvalue weighted by Gasteiger charge is 2.40. The van der Waals surface area contributed by atoms with E-state index in [-0.39, 0.29) is 18.5 Å². The van der Waals surface area contributed by atoms with Gasteiger partial charge in [-0.05, 0) is 24.7 Å². The van der Waals surface area contributed by atoms with Gasteiger partial charge in [0.15, 0.2) is 0 Å². The van der Waals surface area contributed by atoms with E-state index >= 15 is 0 Å². The molecule has 2 N–H and O–H groups in total. The minimum absolute atomic E-state index is 0.127. The van der Waals surface area contributed by atoms with Crippen LogP contribution in [0.4, 0.5) is 0 Å². The molecule has 3 rings (SSSR count). The number of amides is 1. The van der Waals surface area contributed by atoms with Crippen molar-refractivity contribution in [1.29, 1.82) is 0 Å². The van der Waals surface area contributed by atoms with E-state index in [1.807, 2.05) is 4.90 Å². The van der Waals surface area contributed by atoms with Crippen LogP contribution in [-0.4, -0.2) is 44.9 Å². The monoisotopic (exact) mass is 249 g/mol. The molecule has 2 fully saturated rings. The number of aromatic nitrogens is 3. The van der Waals surface area contributed by atoms with E-state index in [9.17, 15) is 4.79 Å². The molecule has 18 heavy (non-hydrogen) atoms. The van der Waals surface area contributed by atoms with Crippen LogP contribution in [0.1, 0.15) is 19.3 Å². The Labute approximate surface area is 106 Å². The van der Waals surface area contributed by atoms with Crippen molar-refractivity contribution in [2.45, 2.75) is 31.8 Å². The van der Waals surface area contributed by atoms with Crippen molar-refractivity contribution in [2.24, 2.45) is 17.6 Å².